The molecule has 72 heavy (non-hydrogen) atoms. The number of furan rings is 4. The Morgan fingerprint density at radius 3 is 1.14 bits per heavy atom. The van der Waals surface area contributed by atoms with Crippen molar-refractivity contribution in [2.45, 2.75) is 38.5 Å². The quantitative estimate of drug-likeness (QED) is 0.173. The maximum atomic E-state index is 7.19. The summed E-state index contributed by atoms with van der Waals surface area (Å²) >= 11 is 0. The molecule has 4 heteroatoms. The van der Waals surface area contributed by atoms with Crippen LogP contribution in [0.15, 0.2) is 200 Å². The molecule has 11 aromatic carbocycles. The lowest BCUT2D eigenvalue weighted by atomic mass is 9.78. The van der Waals surface area contributed by atoms with E-state index < -0.39 is 0 Å². The molecule has 4 heterocycles. The van der Waals surface area contributed by atoms with Crippen LogP contribution in [0.25, 0.3) is 154 Å². The van der Waals surface area contributed by atoms with Crippen molar-refractivity contribution in [2.24, 2.45) is 0 Å². The second-order valence-electron chi connectivity index (χ2n) is 21.4. The number of fused-ring (bicyclic) bond motifs is 24. The number of para-hydroxylation sites is 4. The fraction of sp³-hybridized carbons (Fsp3) is 0.0882. The van der Waals surface area contributed by atoms with E-state index in [9.17, 15) is 0 Å². The van der Waals surface area contributed by atoms with Gasteiger partial charge in [-0.05, 0) is 138 Å². The summed E-state index contributed by atoms with van der Waals surface area (Å²) in [6.45, 7) is 9.61. The molecule has 0 aliphatic heterocycles. The van der Waals surface area contributed by atoms with Crippen molar-refractivity contribution in [3.05, 3.63) is 204 Å². The molecule has 0 saturated carbocycles. The highest BCUT2D eigenvalue weighted by atomic mass is 16.3. The lowest BCUT2D eigenvalue weighted by Crippen LogP contribution is -2.17. The van der Waals surface area contributed by atoms with Gasteiger partial charge in [0.1, 0.15) is 44.7 Å². The Bertz CT molecular complexity index is 4980. The normalized spacial score (nSPS) is 14.6. The van der Waals surface area contributed by atoms with Crippen LogP contribution in [-0.4, -0.2) is 0 Å². The van der Waals surface area contributed by atoms with E-state index in [2.05, 4.69) is 198 Å². The van der Waals surface area contributed by atoms with Gasteiger partial charge in [0.25, 0.3) is 0 Å². The first-order valence-corrected chi connectivity index (χ1v) is 25.1. The van der Waals surface area contributed by atoms with Crippen LogP contribution in [0.4, 0.5) is 0 Å². The molecule has 338 valence electrons. The fourth-order valence-corrected chi connectivity index (χ4v) is 13.7. The van der Waals surface area contributed by atoms with E-state index >= 15 is 0 Å². The Morgan fingerprint density at radius 1 is 0.250 bits per heavy atom. The van der Waals surface area contributed by atoms with Gasteiger partial charge >= 0.3 is 0 Å². The van der Waals surface area contributed by atoms with E-state index in [1.54, 1.807) is 0 Å². The second-order valence-corrected chi connectivity index (χ2v) is 21.4. The molecule has 0 unspecified atom stereocenters. The number of rotatable bonds is 2. The van der Waals surface area contributed by atoms with Crippen molar-refractivity contribution in [3.8, 4) is 44.5 Å². The molecule has 0 amide bonds. The van der Waals surface area contributed by atoms with Gasteiger partial charge in [-0.3, -0.25) is 0 Å². The van der Waals surface area contributed by atoms with Crippen LogP contribution in [0.3, 0.4) is 0 Å². The van der Waals surface area contributed by atoms with Crippen LogP contribution in [0.5, 0.6) is 0 Å². The lowest BCUT2D eigenvalue weighted by molar-refractivity contribution is 0.649. The van der Waals surface area contributed by atoms with Crippen LogP contribution in [0, 0.1) is 0 Å². The van der Waals surface area contributed by atoms with Gasteiger partial charge in [-0.25, -0.2) is 0 Å². The Hall–Kier alpha value is -8.86. The van der Waals surface area contributed by atoms with E-state index in [1.165, 1.54) is 66.1 Å². The maximum absolute atomic E-state index is 7.19. The van der Waals surface area contributed by atoms with E-state index in [4.69, 9.17) is 17.7 Å². The Kier molecular flexibility index (Phi) is 7.08. The highest BCUT2D eigenvalue weighted by Gasteiger charge is 2.45. The van der Waals surface area contributed by atoms with Crippen molar-refractivity contribution < 1.29 is 17.7 Å². The third-order valence-electron chi connectivity index (χ3n) is 17.0. The smallest absolute Gasteiger partial charge is 0.144 e. The summed E-state index contributed by atoms with van der Waals surface area (Å²) in [5, 5.41) is 13.8. The van der Waals surface area contributed by atoms with E-state index in [-0.39, 0.29) is 10.8 Å². The molecule has 2 aliphatic rings. The molecule has 0 saturated heterocycles. The van der Waals surface area contributed by atoms with Crippen molar-refractivity contribution in [2.75, 3.05) is 0 Å². The fourth-order valence-electron chi connectivity index (χ4n) is 13.7. The van der Waals surface area contributed by atoms with E-state index in [0.717, 1.165) is 110 Å². The lowest BCUT2D eigenvalue weighted by Gasteiger charge is -2.24. The van der Waals surface area contributed by atoms with Gasteiger partial charge in [0.15, 0.2) is 0 Å². The Labute approximate surface area is 412 Å². The summed E-state index contributed by atoms with van der Waals surface area (Å²) in [4.78, 5) is 0. The van der Waals surface area contributed by atoms with Gasteiger partial charge < -0.3 is 17.7 Å². The molecule has 2 aliphatic carbocycles. The SMILES string of the molecule is CC1(C)c2cc3c(cc2-c2c1cc(-c1cc4oc5ccccc5c4c4ccccc14)c1c2oc2ccccc21)C(C)(C)c1cc(-c2cc4oc5ccccc5c4c4ccccc24)c2oc4ccccc4c2c1-3. The first kappa shape index (κ1) is 38.9. The molecule has 0 atom stereocenters. The van der Waals surface area contributed by atoms with Crippen LogP contribution in [-0.2, 0) is 10.8 Å². The summed E-state index contributed by atoms with van der Waals surface area (Å²) < 4.78 is 27.6. The minimum atomic E-state index is -0.383. The standard InChI is InChI=1S/C68H42O4/c1-67(2)49-32-48-50(31-47(49)62-51(67)30-46(65-64(62)42-24-12-16-28-56(42)71-65)44-34-58-60(38-20-8-6-18-36(38)44)40-22-10-14-26-54(40)70-58)68(3,4)52-29-45(61-41-23-11-15-27-55(41)72-66(61)63(48)52)43-33-57-59(37-19-7-5-17-35(37)43)39-21-9-13-25-53(39)69-57/h5-34H,1-4H3. The van der Waals surface area contributed by atoms with Crippen molar-refractivity contribution in [1.82, 2.24) is 0 Å². The number of hydrogen-bond donors (Lipinski definition) is 0. The molecule has 0 N–H and O–H groups in total. The van der Waals surface area contributed by atoms with Crippen LogP contribution >= 0.6 is 0 Å². The van der Waals surface area contributed by atoms with Gasteiger partial charge in [-0.2, -0.15) is 0 Å². The highest BCUT2D eigenvalue weighted by molar-refractivity contribution is 6.28. The van der Waals surface area contributed by atoms with Crippen molar-refractivity contribution in [1.29, 1.82) is 0 Å². The summed E-state index contributed by atoms with van der Waals surface area (Å²) in [6, 6.07) is 65.9. The van der Waals surface area contributed by atoms with Crippen LogP contribution in [0.2, 0.25) is 0 Å². The predicted octanol–water partition coefficient (Wildman–Crippen LogP) is 19.5. The minimum absolute atomic E-state index is 0.374. The molecule has 4 aromatic heterocycles. The summed E-state index contributed by atoms with van der Waals surface area (Å²) in [5.41, 5.74) is 20.9. The van der Waals surface area contributed by atoms with Crippen molar-refractivity contribution in [3.63, 3.8) is 0 Å². The topological polar surface area (TPSA) is 52.6 Å². The molecule has 17 rings (SSSR count). The average Bonchev–Trinajstić information content (AvgIpc) is 4.25. The average molecular weight is 923 g/mol. The molecule has 15 aromatic rings. The third-order valence-corrected chi connectivity index (χ3v) is 17.0. The zero-order chi connectivity index (χ0) is 47.5. The second kappa shape index (κ2) is 13.1. The monoisotopic (exact) mass is 922 g/mol. The summed E-state index contributed by atoms with van der Waals surface area (Å²) in [6.07, 6.45) is 0. The zero-order valence-electron chi connectivity index (χ0n) is 40.0. The molecule has 0 bridgehead atoms. The van der Waals surface area contributed by atoms with Crippen molar-refractivity contribution >= 4 is 109 Å². The van der Waals surface area contributed by atoms with Gasteiger partial charge in [-0.15, -0.1) is 0 Å². The van der Waals surface area contributed by atoms with Crippen LogP contribution < -0.4 is 0 Å². The van der Waals surface area contributed by atoms with Gasteiger partial charge in [-0.1, -0.05) is 149 Å². The summed E-state index contributed by atoms with van der Waals surface area (Å²) in [5.74, 6) is 0. The first-order chi connectivity index (χ1) is 35.2. The largest absolute Gasteiger partial charge is 0.456 e. The molecule has 0 radical (unpaired) electrons. The van der Waals surface area contributed by atoms with Gasteiger partial charge in [0, 0.05) is 65.0 Å². The Morgan fingerprint density at radius 2 is 0.611 bits per heavy atom. The third kappa shape index (κ3) is 4.69. The Balaban J connectivity index is 0.938. The van der Waals surface area contributed by atoms with E-state index in [1.807, 2.05) is 12.1 Å². The summed E-state index contributed by atoms with van der Waals surface area (Å²) in [7, 11) is 0. The zero-order valence-corrected chi connectivity index (χ0v) is 40.0. The van der Waals surface area contributed by atoms with E-state index in [0.29, 0.717) is 0 Å². The predicted molar refractivity (Wildman–Crippen MR) is 297 cm³/mol. The molecular weight excluding hydrogens is 881 g/mol. The number of hydrogen-bond acceptors (Lipinski definition) is 4. The minimum Gasteiger partial charge on any atom is -0.456 e. The van der Waals surface area contributed by atoms with Crippen LogP contribution in [0.1, 0.15) is 49.9 Å². The molecule has 0 fully saturated rings. The van der Waals surface area contributed by atoms with Gasteiger partial charge in [0.05, 0.1) is 0 Å². The number of benzene rings is 11. The molecule has 4 nitrogen and oxygen atoms in total. The molecule has 0 spiro atoms. The first-order valence-electron chi connectivity index (χ1n) is 25.1. The molecular formula is C68H42O4. The van der Waals surface area contributed by atoms with Gasteiger partial charge in [0.2, 0.25) is 0 Å². The maximum Gasteiger partial charge on any atom is 0.144 e. The highest BCUT2D eigenvalue weighted by Crippen LogP contribution is 2.62.